The SMILES string of the molecule is O=C(NC1CCCC1)c1cc(N2CCCc3ccccc32)ccn1. The fraction of sp³-hybridized carbons (Fsp3) is 0.400. The molecule has 1 amide bonds. The van der Waals surface area contributed by atoms with Crippen LogP contribution >= 0.6 is 0 Å². The van der Waals surface area contributed by atoms with Crippen LogP contribution < -0.4 is 10.2 Å². The van der Waals surface area contributed by atoms with Crippen LogP contribution in [0.1, 0.15) is 48.2 Å². The second kappa shape index (κ2) is 6.63. The number of amides is 1. The molecule has 0 atom stereocenters. The molecule has 1 aromatic carbocycles. The maximum absolute atomic E-state index is 12.5. The highest BCUT2D eigenvalue weighted by Crippen LogP contribution is 2.33. The number of nitrogens with one attached hydrogen (secondary N) is 1. The van der Waals surface area contributed by atoms with Gasteiger partial charge < -0.3 is 10.2 Å². The Kier molecular flexibility index (Phi) is 4.20. The van der Waals surface area contributed by atoms with Crippen molar-refractivity contribution in [2.75, 3.05) is 11.4 Å². The normalized spacial score (nSPS) is 17.6. The average molecular weight is 321 g/mol. The van der Waals surface area contributed by atoms with Crippen LogP contribution in [0.3, 0.4) is 0 Å². The number of hydrogen-bond acceptors (Lipinski definition) is 3. The van der Waals surface area contributed by atoms with Gasteiger partial charge in [-0.05, 0) is 49.4 Å². The number of rotatable bonds is 3. The summed E-state index contributed by atoms with van der Waals surface area (Å²) in [5.41, 5.74) is 4.19. The second-order valence-electron chi connectivity index (χ2n) is 6.74. The van der Waals surface area contributed by atoms with E-state index in [9.17, 15) is 4.79 Å². The summed E-state index contributed by atoms with van der Waals surface area (Å²) in [6.07, 6.45) is 8.59. The molecule has 2 aromatic rings. The van der Waals surface area contributed by atoms with E-state index >= 15 is 0 Å². The van der Waals surface area contributed by atoms with Gasteiger partial charge in [-0.25, -0.2) is 0 Å². The zero-order chi connectivity index (χ0) is 16.4. The molecule has 1 aliphatic heterocycles. The smallest absolute Gasteiger partial charge is 0.270 e. The number of aryl methyl sites for hydroxylation is 1. The summed E-state index contributed by atoms with van der Waals surface area (Å²) >= 11 is 0. The van der Waals surface area contributed by atoms with Crippen LogP contribution in [0.2, 0.25) is 0 Å². The van der Waals surface area contributed by atoms with Crippen molar-refractivity contribution in [3.8, 4) is 0 Å². The number of carbonyl (C=O) groups is 1. The van der Waals surface area contributed by atoms with E-state index in [0.717, 1.165) is 37.9 Å². The van der Waals surface area contributed by atoms with Gasteiger partial charge in [0, 0.05) is 30.2 Å². The number of anilines is 2. The van der Waals surface area contributed by atoms with Crippen LogP contribution in [-0.2, 0) is 6.42 Å². The summed E-state index contributed by atoms with van der Waals surface area (Å²) in [5.74, 6) is -0.0472. The molecule has 1 aromatic heterocycles. The maximum Gasteiger partial charge on any atom is 0.270 e. The Hall–Kier alpha value is -2.36. The molecular formula is C20H23N3O. The molecule has 4 nitrogen and oxygen atoms in total. The molecule has 0 bridgehead atoms. The lowest BCUT2D eigenvalue weighted by Crippen LogP contribution is -2.33. The molecule has 0 unspecified atom stereocenters. The van der Waals surface area contributed by atoms with E-state index in [-0.39, 0.29) is 5.91 Å². The molecule has 0 saturated heterocycles. The standard InChI is InChI=1S/C20H23N3O/c24-20(22-16-8-2-3-9-16)18-14-17(11-12-21-18)23-13-5-7-15-6-1-4-10-19(15)23/h1,4,6,10-12,14,16H,2-3,5,7-9,13H2,(H,22,24). The Labute approximate surface area is 142 Å². The summed E-state index contributed by atoms with van der Waals surface area (Å²) in [6, 6.07) is 12.8. The number of benzene rings is 1. The van der Waals surface area contributed by atoms with E-state index in [0.29, 0.717) is 11.7 Å². The van der Waals surface area contributed by atoms with Crippen molar-refractivity contribution in [2.45, 2.75) is 44.6 Å². The third-order valence-electron chi connectivity index (χ3n) is 5.09. The highest BCUT2D eigenvalue weighted by atomic mass is 16.1. The van der Waals surface area contributed by atoms with Crippen LogP contribution in [0.15, 0.2) is 42.6 Å². The first-order valence-electron chi connectivity index (χ1n) is 8.93. The molecule has 24 heavy (non-hydrogen) atoms. The molecular weight excluding hydrogens is 298 g/mol. The maximum atomic E-state index is 12.5. The first kappa shape index (κ1) is 15.2. The third-order valence-corrected chi connectivity index (χ3v) is 5.09. The van der Waals surface area contributed by atoms with Crippen molar-refractivity contribution < 1.29 is 4.79 Å². The Morgan fingerprint density at radius 2 is 1.96 bits per heavy atom. The van der Waals surface area contributed by atoms with E-state index in [2.05, 4.69) is 39.5 Å². The summed E-state index contributed by atoms with van der Waals surface area (Å²) in [4.78, 5) is 19.1. The van der Waals surface area contributed by atoms with Gasteiger partial charge in [-0.15, -0.1) is 0 Å². The predicted molar refractivity (Wildman–Crippen MR) is 95.7 cm³/mol. The van der Waals surface area contributed by atoms with E-state index < -0.39 is 0 Å². The molecule has 0 spiro atoms. The number of carbonyl (C=O) groups excluding carboxylic acids is 1. The lowest BCUT2D eigenvalue weighted by Gasteiger charge is -2.31. The summed E-state index contributed by atoms with van der Waals surface area (Å²) < 4.78 is 0. The van der Waals surface area contributed by atoms with E-state index in [1.165, 1.54) is 24.1 Å². The Balaban J connectivity index is 1.58. The first-order valence-corrected chi connectivity index (χ1v) is 8.93. The van der Waals surface area contributed by atoms with Gasteiger partial charge in [0.05, 0.1) is 0 Å². The Morgan fingerprint density at radius 1 is 1.12 bits per heavy atom. The Morgan fingerprint density at radius 3 is 2.83 bits per heavy atom. The summed E-state index contributed by atoms with van der Waals surface area (Å²) in [7, 11) is 0. The molecule has 0 radical (unpaired) electrons. The van der Waals surface area contributed by atoms with Crippen LogP contribution in [0, 0.1) is 0 Å². The zero-order valence-electron chi connectivity index (χ0n) is 13.9. The third kappa shape index (κ3) is 3.01. The van der Waals surface area contributed by atoms with Gasteiger partial charge in [0.15, 0.2) is 0 Å². The fourth-order valence-corrected chi connectivity index (χ4v) is 3.84. The quantitative estimate of drug-likeness (QED) is 0.934. The van der Waals surface area contributed by atoms with Gasteiger partial charge >= 0.3 is 0 Å². The number of pyridine rings is 1. The molecule has 1 saturated carbocycles. The highest BCUT2D eigenvalue weighted by Gasteiger charge is 2.21. The molecule has 4 heteroatoms. The summed E-state index contributed by atoms with van der Waals surface area (Å²) in [6.45, 7) is 0.977. The highest BCUT2D eigenvalue weighted by molar-refractivity contribution is 5.93. The number of aromatic nitrogens is 1. The van der Waals surface area contributed by atoms with Crippen molar-refractivity contribution in [2.24, 2.45) is 0 Å². The minimum absolute atomic E-state index is 0.0472. The molecule has 1 fully saturated rings. The topological polar surface area (TPSA) is 45.2 Å². The van der Waals surface area contributed by atoms with Crippen molar-refractivity contribution in [1.29, 1.82) is 0 Å². The van der Waals surface area contributed by atoms with Crippen LogP contribution in [0.25, 0.3) is 0 Å². The fourth-order valence-electron chi connectivity index (χ4n) is 3.84. The number of hydrogen-bond donors (Lipinski definition) is 1. The van der Waals surface area contributed by atoms with Gasteiger partial charge in [-0.2, -0.15) is 0 Å². The van der Waals surface area contributed by atoms with Crippen molar-refractivity contribution in [1.82, 2.24) is 10.3 Å². The molecule has 4 rings (SSSR count). The Bertz CT molecular complexity index is 737. The monoisotopic (exact) mass is 321 g/mol. The van der Waals surface area contributed by atoms with Crippen LogP contribution in [0.5, 0.6) is 0 Å². The number of nitrogens with zero attached hydrogens (tertiary/aromatic N) is 2. The second-order valence-corrected chi connectivity index (χ2v) is 6.74. The van der Waals surface area contributed by atoms with Gasteiger partial charge in [0.25, 0.3) is 5.91 Å². The van der Waals surface area contributed by atoms with Gasteiger partial charge in [0.1, 0.15) is 5.69 Å². The first-order chi connectivity index (χ1) is 11.8. The molecule has 1 N–H and O–H groups in total. The average Bonchev–Trinajstić information content (AvgIpc) is 3.14. The minimum atomic E-state index is -0.0472. The predicted octanol–water partition coefficient (Wildman–Crippen LogP) is 3.84. The van der Waals surface area contributed by atoms with E-state index in [1.807, 2.05) is 12.1 Å². The number of para-hydroxylation sites is 1. The zero-order valence-corrected chi connectivity index (χ0v) is 13.9. The molecule has 1 aliphatic carbocycles. The van der Waals surface area contributed by atoms with Gasteiger partial charge in [0.2, 0.25) is 0 Å². The summed E-state index contributed by atoms with van der Waals surface area (Å²) in [5, 5.41) is 3.12. The lowest BCUT2D eigenvalue weighted by atomic mass is 10.0. The molecule has 124 valence electrons. The van der Waals surface area contributed by atoms with Gasteiger partial charge in [-0.1, -0.05) is 31.0 Å². The number of fused-ring (bicyclic) bond motifs is 1. The molecule has 2 aliphatic rings. The van der Waals surface area contributed by atoms with Crippen molar-refractivity contribution >= 4 is 17.3 Å². The van der Waals surface area contributed by atoms with E-state index in [1.54, 1.807) is 6.20 Å². The van der Waals surface area contributed by atoms with Crippen LogP contribution in [0.4, 0.5) is 11.4 Å². The molecule has 2 heterocycles. The van der Waals surface area contributed by atoms with Crippen molar-refractivity contribution in [3.05, 3.63) is 53.9 Å². The van der Waals surface area contributed by atoms with Crippen LogP contribution in [-0.4, -0.2) is 23.5 Å². The largest absolute Gasteiger partial charge is 0.348 e. The van der Waals surface area contributed by atoms with Gasteiger partial charge in [-0.3, -0.25) is 9.78 Å². The minimum Gasteiger partial charge on any atom is -0.348 e. The van der Waals surface area contributed by atoms with Crippen molar-refractivity contribution in [3.63, 3.8) is 0 Å². The van der Waals surface area contributed by atoms with E-state index in [4.69, 9.17) is 0 Å². The lowest BCUT2D eigenvalue weighted by molar-refractivity contribution is 0.0933.